The van der Waals surface area contributed by atoms with Crippen molar-refractivity contribution in [3.05, 3.63) is 148 Å². The number of benzene rings is 4. The minimum Gasteiger partial charge on any atom is -0.444 e. The third kappa shape index (κ3) is 14.9. The van der Waals surface area contributed by atoms with Crippen LogP contribution in [0.4, 0.5) is 10.5 Å². The molecule has 57 heavy (non-hydrogen) atoms. The van der Waals surface area contributed by atoms with Crippen molar-refractivity contribution in [1.82, 2.24) is 20.8 Å². The molecule has 2 aromatic heterocycles. The second-order valence-corrected chi connectivity index (χ2v) is 16.4. The average Bonchev–Trinajstić information content (AvgIpc) is 3.93. The van der Waals surface area contributed by atoms with Gasteiger partial charge in [0.25, 0.3) is 5.91 Å². The van der Waals surface area contributed by atoms with Gasteiger partial charge in [-0.15, -0.1) is 22.7 Å². The number of hydrogen-bond acceptors (Lipinski definition) is 11. The molecule has 0 bridgehead atoms. The maximum absolute atomic E-state index is 11.8. The smallest absolute Gasteiger partial charge is 0.421 e. The van der Waals surface area contributed by atoms with E-state index in [4.69, 9.17) is 15.6 Å². The van der Waals surface area contributed by atoms with Crippen LogP contribution in [-0.4, -0.2) is 41.0 Å². The molecule has 296 valence electrons. The van der Waals surface area contributed by atoms with Gasteiger partial charge in [0.1, 0.15) is 22.9 Å². The van der Waals surface area contributed by atoms with Crippen molar-refractivity contribution in [3.8, 4) is 21.1 Å². The van der Waals surface area contributed by atoms with Crippen LogP contribution in [0.5, 0.6) is 0 Å². The second kappa shape index (κ2) is 21.3. The van der Waals surface area contributed by atoms with Gasteiger partial charge in [0, 0.05) is 44.0 Å². The third-order valence-corrected chi connectivity index (χ3v) is 9.74. The number of thiazole rings is 2. The SMILES string of the molecule is CC(C)(C)c1csc(-c2ccc(/C=N\NC(=O)CNc3ccccc3)cc2)n1.CC(C)(C)c1csc(-c2ccc(C=O)cc2)n1.NNC(=O)OCc1ccccc1. The van der Waals surface area contributed by atoms with Gasteiger partial charge < -0.3 is 10.1 Å². The Morgan fingerprint density at radius 1 is 0.719 bits per heavy atom. The number of hydrogen-bond donors (Lipinski definition) is 4. The molecule has 2 amide bonds. The number of ether oxygens (including phenoxy) is 1. The van der Waals surface area contributed by atoms with Gasteiger partial charge in [-0.1, -0.05) is 139 Å². The molecule has 0 aliphatic heterocycles. The van der Waals surface area contributed by atoms with Crippen LogP contribution in [-0.2, 0) is 27.0 Å². The molecule has 11 nitrogen and oxygen atoms in total. The second-order valence-electron chi connectivity index (χ2n) is 14.7. The summed E-state index contributed by atoms with van der Waals surface area (Å²) in [6.45, 7) is 13.4. The van der Waals surface area contributed by atoms with Crippen LogP contribution in [0.3, 0.4) is 0 Å². The topological polar surface area (TPSA) is 161 Å². The first-order chi connectivity index (χ1) is 27.2. The molecule has 4 aromatic carbocycles. The zero-order valence-corrected chi connectivity index (χ0v) is 34.6. The fraction of sp³-hybridized carbons (Fsp3) is 0.227. The summed E-state index contributed by atoms with van der Waals surface area (Å²) in [7, 11) is 0. The number of aromatic nitrogens is 2. The number of nitrogens with two attached hydrogens (primary N) is 1. The molecule has 0 aliphatic rings. The number of carbonyl (C=O) groups excluding carboxylic acids is 3. The summed E-state index contributed by atoms with van der Waals surface area (Å²) in [5.74, 6) is 4.61. The van der Waals surface area contributed by atoms with Crippen molar-refractivity contribution < 1.29 is 19.1 Å². The molecule has 2 heterocycles. The summed E-state index contributed by atoms with van der Waals surface area (Å²) in [5, 5.41) is 13.3. The zero-order valence-electron chi connectivity index (χ0n) is 33.0. The number of para-hydroxylation sites is 1. The minimum absolute atomic E-state index is 0.0505. The molecule has 0 aliphatic carbocycles. The quantitative estimate of drug-likeness (QED) is 0.0350. The largest absolute Gasteiger partial charge is 0.444 e. The molecule has 6 aromatic rings. The van der Waals surface area contributed by atoms with E-state index in [9.17, 15) is 14.4 Å². The van der Waals surface area contributed by atoms with Crippen LogP contribution in [0.15, 0.2) is 125 Å². The maximum Gasteiger partial charge on any atom is 0.421 e. The van der Waals surface area contributed by atoms with E-state index in [0.717, 1.165) is 55.6 Å². The maximum atomic E-state index is 11.8. The van der Waals surface area contributed by atoms with E-state index in [-0.39, 0.29) is 29.9 Å². The van der Waals surface area contributed by atoms with E-state index in [1.165, 1.54) is 0 Å². The lowest BCUT2D eigenvalue weighted by molar-refractivity contribution is -0.119. The van der Waals surface area contributed by atoms with Crippen molar-refractivity contribution in [2.75, 3.05) is 11.9 Å². The highest BCUT2D eigenvalue weighted by atomic mass is 32.1. The van der Waals surface area contributed by atoms with Crippen LogP contribution < -0.4 is 22.0 Å². The monoisotopic (exact) mass is 803 g/mol. The lowest BCUT2D eigenvalue weighted by atomic mass is 9.93. The highest BCUT2D eigenvalue weighted by molar-refractivity contribution is 7.13. The van der Waals surface area contributed by atoms with Gasteiger partial charge in [-0.05, 0) is 23.3 Å². The number of rotatable bonds is 10. The Morgan fingerprint density at radius 2 is 1.21 bits per heavy atom. The molecule has 0 saturated carbocycles. The van der Waals surface area contributed by atoms with E-state index in [2.05, 4.69) is 73.1 Å². The first-order valence-electron chi connectivity index (χ1n) is 18.1. The third-order valence-electron chi connectivity index (χ3n) is 7.96. The molecule has 5 N–H and O–H groups in total. The Morgan fingerprint density at radius 3 is 1.67 bits per heavy atom. The van der Waals surface area contributed by atoms with Crippen LogP contribution in [0.25, 0.3) is 21.1 Å². The molecular weight excluding hydrogens is 755 g/mol. The number of hydrazine groups is 1. The van der Waals surface area contributed by atoms with Crippen molar-refractivity contribution in [2.24, 2.45) is 10.9 Å². The number of anilines is 1. The Hall–Kier alpha value is -6.02. The molecule has 0 fully saturated rings. The summed E-state index contributed by atoms with van der Waals surface area (Å²) in [6, 6.07) is 34.4. The number of nitrogens with one attached hydrogen (secondary N) is 3. The first-order valence-corrected chi connectivity index (χ1v) is 19.9. The number of aldehydes is 1. The van der Waals surface area contributed by atoms with Crippen molar-refractivity contribution >= 4 is 52.9 Å². The Labute approximate surface area is 342 Å². The highest BCUT2D eigenvalue weighted by Gasteiger charge is 2.19. The molecule has 6 rings (SSSR count). The number of hydrazone groups is 1. The fourth-order valence-electron chi connectivity index (χ4n) is 4.64. The standard InChI is InChI=1S/C22H24N4OS.C14H15NOS.C8H10N2O2/c1-22(2,3)19-15-28-21(25-19)17-11-9-16(10-12-17)13-24-26-20(27)14-23-18-7-5-4-6-8-18;1-14(2,3)12-9-17-13(15-12)11-6-4-10(8-16)5-7-11;9-10-8(11)12-6-7-4-2-1-3-5-7/h4-13,15,23H,14H2,1-3H3,(H,26,27);4-9H,1-3H3;1-5H,6,9H2,(H,10,11)/b24-13-;;. The van der Waals surface area contributed by atoms with Crippen molar-refractivity contribution in [2.45, 2.75) is 59.0 Å². The molecule has 0 radical (unpaired) electrons. The van der Waals surface area contributed by atoms with Gasteiger partial charge in [-0.2, -0.15) is 5.10 Å². The molecule has 0 unspecified atom stereocenters. The van der Waals surface area contributed by atoms with Crippen LogP contribution >= 0.6 is 22.7 Å². The van der Waals surface area contributed by atoms with Crippen LogP contribution in [0.2, 0.25) is 0 Å². The van der Waals surface area contributed by atoms with Gasteiger partial charge in [0.05, 0.1) is 24.1 Å². The zero-order chi connectivity index (χ0) is 41.3. The van der Waals surface area contributed by atoms with Crippen molar-refractivity contribution in [3.63, 3.8) is 0 Å². The Balaban J connectivity index is 0.000000210. The molecular formula is C44H49N7O4S2. The fourth-order valence-corrected chi connectivity index (χ4v) is 6.74. The average molecular weight is 804 g/mol. The first kappa shape index (κ1) is 43.7. The molecule has 0 spiro atoms. The molecule has 13 heteroatoms. The normalized spacial score (nSPS) is 11.0. The highest BCUT2D eigenvalue weighted by Crippen LogP contribution is 2.31. The predicted molar refractivity (Wildman–Crippen MR) is 233 cm³/mol. The van der Waals surface area contributed by atoms with Crippen molar-refractivity contribution in [1.29, 1.82) is 0 Å². The van der Waals surface area contributed by atoms with Gasteiger partial charge in [0.15, 0.2) is 0 Å². The predicted octanol–water partition coefficient (Wildman–Crippen LogP) is 9.38. The summed E-state index contributed by atoms with van der Waals surface area (Å²) in [5.41, 5.74) is 12.3. The number of amides is 2. The van der Waals surface area contributed by atoms with Crippen LogP contribution in [0.1, 0.15) is 74.4 Å². The lowest BCUT2D eigenvalue weighted by Gasteiger charge is -2.14. The lowest BCUT2D eigenvalue weighted by Crippen LogP contribution is -2.30. The summed E-state index contributed by atoms with van der Waals surface area (Å²) in [4.78, 5) is 42.3. The van der Waals surface area contributed by atoms with Gasteiger partial charge in [0.2, 0.25) is 0 Å². The number of nitrogens with zero attached hydrogens (tertiary/aromatic N) is 3. The summed E-state index contributed by atoms with van der Waals surface area (Å²) >= 11 is 3.30. The van der Waals surface area contributed by atoms with Gasteiger partial charge in [-0.3, -0.25) is 15.0 Å². The van der Waals surface area contributed by atoms with E-state index in [1.54, 1.807) is 28.9 Å². The number of carbonyl (C=O) groups is 3. The van der Waals surface area contributed by atoms with Gasteiger partial charge >= 0.3 is 6.09 Å². The van der Waals surface area contributed by atoms with Gasteiger partial charge in [-0.25, -0.2) is 26.0 Å². The minimum atomic E-state index is -0.626. The molecule has 0 atom stereocenters. The summed E-state index contributed by atoms with van der Waals surface area (Å²) in [6.07, 6.45) is 1.86. The summed E-state index contributed by atoms with van der Waals surface area (Å²) < 4.78 is 4.70. The van der Waals surface area contributed by atoms with Crippen LogP contribution in [0, 0.1) is 0 Å². The Bertz CT molecular complexity index is 2170. The van der Waals surface area contributed by atoms with E-state index >= 15 is 0 Å². The van der Waals surface area contributed by atoms with E-state index in [0.29, 0.717) is 5.56 Å². The Kier molecular flexibility index (Phi) is 16.4. The molecule has 0 saturated heterocycles. The van der Waals surface area contributed by atoms with E-state index < -0.39 is 6.09 Å². The van der Waals surface area contributed by atoms with E-state index in [1.807, 2.05) is 115 Å².